The van der Waals surface area contributed by atoms with E-state index in [0.29, 0.717) is 23.7 Å². The van der Waals surface area contributed by atoms with Gasteiger partial charge in [0.05, 0.1) is 27.1 Å². The Bertz CT molecular complexity index is 438. The van der Waals surface area contributed by atoms with Crippen molar-refractivity contribution in [1.82, 2.24) is 0 Å². The zero-order valence-corrected chi connectivity index (χ0v) is 11.6. The van der Waals surface area contributed by atoms with E-state index >= 15 is 0 Å². The van der Waals surface area contributed by atoms with E-state index in [1.807, 2.05) is 0 Å². The molecule has 0 saturated heterocycles. The van der Waals surface area contributed by atoms with E-state index in [-0.39, 0.29) is 5.78 Å². The van der Waals surface area contributed by atoms with Crippen LogP contribution in [0.5, 0.6) is 11.5 Å². The lowest BCUT2D eigenvalue weighted by molar-refractivity contribution is 0.104. The first kappa shape index (κ1) is 15.1. The van der Waals surface area contributed by atoms with Gasteiger partial charge in [0.2, 0.25) is 0 Å². The third kappa shape index (κ3) is 4.66. The van der Waals surface area contributed by atoms with Crippen LogP contribution >= 0.6 is 0 Å². The van der Waals surface area contributed by atoms with Crippen LogP contribution in [0.2, 0.25) is 0 Å². The highest BCUT2D eigenvalue weighted by atomic mass is 16.5. The van der Waals surface area contributed by atoms with Crippen molar-refractivity contribution in [1.29, 1.82) is 0 Å². The summed E-state index contributed by atoms with van der Waals surface area (Å²) in [5, 5.41) is 0. The molecule has 0 N–H and O–H groups in total. The Balaban J connectivity index is 2.66. The molecule has 0 saturated carbocycles. The average Bonchev–Trinajstić information content (AvgIpc) is 2.46. The molecule has 104 valence electrons. The topological polar surface area (TPSA) is 44.8 Å². The fraction of sp³-hybridized carbons (Fsp3) is 0.400. The summed E-state index contributed by atoms with van der Waals surface area (Å²) in [7, 11) is 3.09. The largest absolute Gasteiger partial charge is 0.501 e. The predicted molar refractivity (Wildman–Crippen MR) is 73.9 cm³/mol. The summed E-state index contributed by atoms with van der Waals surface area (Å²) in [5.74, 6) is 1.01. The van der Waals surface area contributed by atoms with E-state index in [2.05, 4.69) is 6.92 Å². The smallest absolute Gasteiger partial charge is 0.189 e. The molecule has 1 aromatic carbocycles. The molecule has 0 unspecified atom stereocenters. The molecule has 1 aromatic rings. The van der Waals surface area contributed by atoms with Gasteiger partial charge < -0.3 is 14.2 Å². The molecule has 0 spiro atoms. The van der Waals surface area contributed by atoms with Crippen molar-refractivity contribution in [2.45, 2.75) is 19.8 Å². The molecule has 0 fully saturated rings. The molecule has 0 atom stereocenters. The zero-order valence-electron chi connectivity index (χ0n) is 11.6. The Morgan fingerprint density at radius 1 is 1.21 bits per heavy atom. The van der Waals surface area contributed by atoms with Crippen molar-refractivity contribution in [3.63, 3.8) is 0 Å². The second-order valence-corrected chi connectivity index (χ2v) is 3.96. The predicted octanol–water partition coefficient (Wildman–Crippen LogP) is 3.22. The van der Waals surface area contributed by atoms with Gasteiger partial charge >= 0.3 is 0 Å². The molecule has 0 radical (unpaired) electrons. The van der Waals surface area contributed by atoms with Crippen molar-refractivity contribution in [3.05, 3.63) is 36.1 Å². The van der Waals surface area contributed by atoms with E-state index < -0.39 is 0 Å². The van der Waals surface area contributed by atoms with Crippen molar-refractivity contribution < 1.29 is 19.0 Å². The zero-order chi connectivity index (χ0) is 14.1. The van der Waals surface area contributed by atoms with Gasteiger partial charge in [-0.25, -0.2) is 0 Å². The van der Waals surface area contributed by atoms with Crippen LogP contribution in [0.4, 0.5) is 0 Å². The van der Waals surface area contributed by atoms with E-state index in [1.54, 1.807) is 25.3 Å². The van der Waals surface area contributed by atoms with Crippen LogP contribution < -0.4 is 9.47 Å². The molecular formula is C15H20O4. The Labute approximate surface area is 114 Å². The Hall–Kier alpha value is -1.97. The number of ether oxygens (including phenoxy) is 3. The van der Waals surface area contributed by atoms with Crippen LogP contribution in [0, 0.1) is 0 Å². The lowest BCUT2D eigenvalue weighted by atomic mass is 10.1. The van der Waals surface area contributed by atoms with Crippen molar-refractivity contribution in [3.8, 4) is 11.5 Å². The highest BCUT2D eigenvalue weighted by Crippen LogP contribution is 2.27. The molecule has 0 bridgehead atoms. The van der Waals surface area contributed by atoms with Gasteiger partial charge in [-0.2, -0.15) is 0 Å². The first-order valence-corrected chi connectivity index (χ1v) is 6.27. The fourth-order valence-corrected chi connectivity index (χ4v) is 1.49. The second-order valence-electron chi connectivity index (χ2n) is 3.96. The van der Waals surface area contributed by atoms with Gasteiger partial charge in [-0.15, -0.1) is 0 Å². The van der Waals surface area contributed by atoms with Crippen LogP contribution in [-0.2, 0) is 4.74 Å². The van der Waals surface area contributed by atoms with Gasteiger partial charge in [0, 0.05) is 11.6 Å². The molecule has 0 aliphatic carbocycles. The van der Waals surface area contributed by atoms with Gasteiger partial charge in [0.1, 0.15) is 0 Å². The average molecular weight is 264 g/mol. The highest BCUT2D eigenvalue weighted by Gasteiger charge is 2.08. The normalized spacial score (nSPS) is 10.5. The standard InChI is InChI=1S/C15H20O4/c1-4-5-9-19-10-8-13(16)12-6-7-14(17-2)15(11-12)18-3/h6-8,10-11H,4-5,9H2,1-3H3/b10-8+. The Kier molecular flexibility index (Phi) is 6.50. The number of unbranched alkanes of at least 4 members (excludes halogenated alkanes) is 1. The van der Waals surface area contributed by atoms with Gasteiger partial charge in [0.25, 0.3) is 0 Å². The molecule has 0 heterocycles. The number of rotatable bonds is 8. The highest BCUT2D eigenvalue weighted by molar-refractivity contribution is 6.04. The minimum Gasteiger partial charge on any atom is -0.501 e. The number of hydrogen-bond donors (Lipinski definition) is 0. The van der Waals surface area contributed by atoms with Gasteiger partial charge in [-0.3, -0.25) is 4.79 Å². The molecule has 4 nitrogen and oxygen atoms in total. The lowest BCUT2D eigenvalue weighted by Crippen LogP contribution is -1.98. The van der Waals surface area contributed by atoms with Crippen molar-refractivity contribution in [2.75, 3.05) is 20.8 Å². The number of carbonyl (C=O) groups is 1. The Morgan fingerprint density at radius 2 is 1.95 bits per heavy atom. The third-order valence-corrected chi connectivity index (χ3v) is 2.60. The monoisotopic (exact) mass is 264 g/mol. The van der Waals surface area contributed by atoms with Crippen LogP contribution in [0.25, 0.3) is 0 Å². The summed E-state index contributed by atoms with van der Waals surface area (Å²) in [6, 6.07) is 5.05. The van der Waals surface area contributed by atoms with E-state index in [1.165, 1.54) is 19.4 Å². The number of methoxy groups -OCH3 is 2. The molecule has 0 amide bonds. The minimum atomic E-state index is -0.127. The van der Waals surface area contributed by atoms with Gasteiger partial charge in [-0.1, -0.05) is 13.3 Å². The molecule has 0 aromatic heterocycles. The van der Waals surface area contributed by atoms with E-state index in [0.717, 1.165) is 12.8 Å². The maximum Gasteiger partial charge on any atom is 0.189 e. The van der Waals surface area contributed by atoms with Crippen LogP contribution in [0.1, 0.15) is 30.1 Å². The quantitative estimate of drug-likeness (QED) is 0.313. The number of hydrogen-bond acceptors (Lipinski definition) is 4. The number of benzene rings is 1. The second kappa shape index (κ2) is 8.19. The minimum absolute atomic E-state index is 0.127. The summed E-state index contributed by atoms with van der Waals surface area (Å²) >= 11 is 0. The van der Waals surface area contributed by atoms with E-state index in [9.17, 15) is 4.79 Å². The number of carbonyl (C=O) groups excluding carboxylic acids is 1. The fourth-order valence-electron chi connectivity index (χ4n) is 1.49. The Morgan fingerprint density at radius 3 is 2.58 bits per heavy atom. The van der Waals surface area contributed by atoms with Crippen molar-refractivity contribution in [2.24, 2.45) is 0 Å². The van der Waals surface area contributed by atoms with Crippen LogP contribution in [-0.4, -0.2) is 26.6 Å². The summed E-state index contributed by atoms with van der Waals surface area (Å²) in [6.45, 7) is 2.72. The first-order valence-electron chi connectivity index (χ1n) is 6.27. The van der Waals surface area contributed by atoms with Crippen LogP contribution in [0.15, 0.2) is 30.5 Å². The van der Waals surface area contributed by atoms with Crippen molar-refractivity contribution >= 4 is 5.78 Å². The molecule has 4 heteroatoms. The molecular weight excluding hydrogens is 244 g/mol. The molecule has 1 rings (SSSR count). The summed E-state index contributed by atoms with van der Waals surface area (Å²) in [4.78, 5) is 11.9. The van der Waals surface area contributed by atoms with Gasteiger partial charge in [-0.05, 0) is 24.6 Å². The summed E-state index contributed by atoms with van der Waals surface area (Å²) in [6.07, 6.45) is 4.90. The number of ketones is 1. The lowest BCUT2D eigenvalue weighted by Gasteiger charge is -2.08. The van der Waals surface area contributed by atoms with E-state index in [4.69, 9.17) is 14.2 Å². The SMILES string of the molecule is CCCCO/C=C/C(=O)c1ccc(OC)c(OC)c1. The maximum absolute atomic E-state index is 11.9. The number of allylic oxidation sites excluding steroid dienone is 1. The molecule has 0 aliphatic rings. The summed E-state index contributed by atoms with van der Waals surface area (Å²) < 4.78 is 15.5. The molecule has 19 heavy (non-hydrogen) atoms. The maximum atomic E-state index is 11.9. The third-order valence-electron chi connectivity index (χ3n) is 2.60. The van der Waals surface area contributed by atoms with Crippen LogP contribution in [0.3, 0.4) is 0 Å². The molecule has 0 aliphatic heterocycles. The summed E-state index contributed by atoms with van der Waals surface area (Å²) in [5.41, 5.74) is 0.535. The first-order chi connectivity index (χ1) is 9.22. The van der Waals surface area contributed by atoms with Gasteiger partial charge in [0.15, 0.2) is 17.3 Å².